The van der Waals surface area contributed by atoms with Crippen molar-refractivity contribution in [1.82, 2.24) is 58.3 Å². The van der Waals surface area contributed by atoms with Crippen LogP contribution in [-0.4, -0.2) is 341 Å². The normalized spacial score (nSPS) is 20.9. The maximum absolute atomic E-state index is 14.8. The molecule has 3 heterocycles. The van der Waals surface area contributed by atoms with Gasteiger partial charge in [-0.15, -0.1) is 0 Å². The average Bonchev–Trinajstić information content (AvgIpc) is 0.789. The number of hydrogen-bond donors (Lipinski definition) is 11. The Kier molecular flexibility index (Phi) is 62.7. The van der Waals surface area contributed by atoms with Crippen LogP contribution in [0, 0.1) is 23.2 Å². The molecular weight excluding hydrogens is 1990 g/mol. The molecule has 840 valence electrons. The molecule has 16 unspecified atom stereocenters. The van der Waals surface area contributed by atoms with Crippen molar-refractivity contribution in [2.24, 2.45) is 11.8 Å². The number of nitriles is 1. The minimum atomic E-state index is -1.80. The monoisotopic (exact) mass is 2140 g/mol. The Morgan fingerprint density at radius 2 is 0.678 bits per heavy atom. The van der Waals surface area contributed by atoms with Crippen molar-refractivity contribution in [3.8, 4) is 11.8 Å². The van der Waals surface area contributed by atoms with E-state index in [0.717, 1.165) is 55.4 Å². The maximum Gasteiger partial charge on any atom is 0.318 e. The highest BCUT2D eigenvalue weighted by Crippen LogP contribution is 2.39. The molecule has 10 amide bonds. The van der Waals surface area contributed by atoms with Crippen LogP contribution in [0.4, 0.5) is 0 Å². The van der Waals surface area contributed by atoms with Crippen LogP contribution in [0.3, 0.4) is 0 Å². The highest BCUT2D eigenvalue weighted by Gasteiger charge is 2.55. The van der Waals surface area contributed by atoms with E-state index in [1.54, 1.807) is 19.1 Å². The summed E-state index contributed by atoms with van der Waals surface area (Å²) in [4.78, 5) is 241. The number of ether oxygens (including phenoxy) is 18. The molecule has 0 aromatic heterocycles. The van der Waals surface area contributed by atoms with Crippen LogP contribution >= 0.6 is 8.53 Å². The van der Waals surface area contributed by atoms with Crippen molar-refractivity contribution in [3.05, 3.63) is 29.8 Å². The fourth-order valence-corrected chi connectivity index (χ4v) is 17.0. The quantitative estimate of drug-likeness (QED) is 0.0192. The zero-order valence-corrected chi connectivity index (χ0v) is 88.9. The van der Waals surface area contributed by atoms with E-state index in [4.69, 9.17) is 94.3 Å². The van der Waals surface area contributed by atoms with E-state index in [2.05, 4.69) is 64.3 Å². The summed E-state index contributed by atoms with van der Waals surface area (Å²) in [7, 11) is -1.80. The van der Waals surface area contributed by atoms with Crippen LogP contribution in [-0.2, 0) is 176 Å². The van der Waals surface area contributed by atoms with Gasteiger partial charge in [-0.2, -0.15) is 5.26 Å². The van der Waals surface area contributed by atoms with Crippen molar-refractivity contribution in [2.45, 2.75) is 323 Å². The lowest BCUT2D eigenvalue weighted by molar-refractivity contribution is -0.278. The second kappa shape index (κ2) is 72.0. The van der Waals surface area contributed by atoms with Gasteiger partial charge >= 0.3 is 62.2 Å². The van der Waals surface area contributed by atoms with Gasteiger partial charge in [-0.05, 0) is 93.9 Å². The number of amides is 10. The molecule has 51 nitrogen and oxygen atoms in total. The Balaban J connectivity index is 1.46. The van der Waals surface area contributed by atoms with Gasteiger partial charge in [-0.25, -0.2) is 5.09 Å². The minimum Gasteiger partial charge on any atom is -0.463 e. The molecule has 149 heavy (non-hydrogen) atoms. The van der Waals surface area contributed by atoms with Gasteiger partial charge in [0.25, 0.3) is 5.91 Å². The predicted octanol–water partition coefficient (Wildman–Crippen LogP) is 1.97. The topological polar surface area (TPSA) is 665 Å². The summed E-state index contributed by atoms with van der Waals surface area (Å²) in [5, 5.41) is 40.4. The molecule has 0 aliphatic carbocycles. The van der Waals surface area contributed by atoms with Crippen LogP contribution in [0.25, 0.3) is 0 Å². The fourth-order valence-electron chi connectivity index (χ4n) is 15.4. The Labute approximate surface area is 868 Å². The van der Waals surface area contributed by atoms with Crippen LogP contribution in [0.5, 0.6) is 5.75 Å². The van der Waals surface area contributed by atoms with Gasteiger partial charge in [-0.1, -0.05) is 34.6 Å². The second-order valence-electron chi connectivity index (χ2n) is 35.9. The third kappa shape index (κ3) is 54.1. The van der Waals surface area contributed by atoms with Gasteiger partial charge < -0.3 is 147 Å². The maximum atomic E-state index is 14.8. The lowest BCUT2D eigenvalue weighted by Gasteiger charge is -2.45. The van der Waals surface area contributed by atoms with Crippen molar-refractivity contribution in [3.63, 3.8) is 0 Å². The molecule has 0 saturated carbocycles. The van der Waals surface area contributed by atoms with Crippen LogP contribution in [0.1, 0.15) is 230 Å². The molecule has 0 bridgehead atoms. The summed E-state index contributed by atoms with van der Waals surface area (Å²) in [6.07, 6.45) is -13.0. The first kappa shape index (κ1) is 130. The number of hydrogen-bond acceptors (Lipinski definition) is 41. The number of nitrogens with one attached hydrogen (secondary N) is 11. The first-order chi connectivity index (χ1) is 70.8. The van der Waals surface area contributed by atoms with E-state index in [1.165, 1.54) is 32.9 Å². The van der Waals surface area contributed by atoms with Crippen LogP contribution in [0.15, 0.2) is 24.3 Å². The SMILES string of the molecule is CCC(=O)OCC1OC(OCCCCC(=O)NCCCNC(=O)CCOCC(COCCC(=O)NCCCNC(=O)CCCCOC2OC(COC(C)=O)C(OC(C)=O)C(OC(C)=O)C2NC(C)=O)(COCCC(=O)NCCCNC(=O)CCCCOC2OC(COC(C)=O)C(OC(C)=O)C(OC(C)=O)C2NC(C)=O)NC(=O)c2ccc(OP(NC(C(C)C)C(C)C)OCCC#N)cc2)C(NC(C)=O)C(OC(C)=O)C1OC(C)=O. The standard InChI is InChI=1S/C97H153N12O39P/c1-17-82(127)137-54-75-89(141-67(13)117)92(144-70(16)120)86(107-62(8)112)96(147-75)134-47-23-20-30-78(123)101-41-27-44-104-81(126)37-51-131-57-97(108-93(128)71-31-33-72(34-32-71)148-149(138-48-24-38-98)109-83(58(2)3)59(4)5,55-129-49-35-79(124)102-42-25-39-99-76(121)28-18-21-45-132-94-84(105-60(6)110)90(142-68(14)118)87(139-65(11)115)73(145-94)52-135-63(9)113)56-130-50-36-80(125)103-43-26-40-100-77(122)29-19-22-46-133-95-85(106-61(7)111)91(143-69(15)119)88(140-66(12)116)74(146-95)53-136-64(10)114/h31-34,58-59,73-75,83-92,94-96,109H,17-30,35-37,39-57H2,1-16H3,(H,99,121)(H,100,122)(H,101,123)(H,102,124)(H,103,125)(H,104,126)(H,105,110)(H,106,111)(H,107,112)(H,108,128). The van der Waals surface area contributed by atoms with E-state index >= 15 is 0 Å². The average molecular weight is 2140 g/mol. The molecule has 1 aromatic carbocycles. The highest BCUT2D eigenvalue weighted by atomic mass is 31.2. The second-order valence-corrected chi connectivity index (χ2v) is 37.2. The molecule has 3 aliphatic rings. The zero-order valence-electron chi connectivity index (χ0n) is 88.0. The summed E-state index contributed by atoms with van der Waals surface area (Å²) in [5.41, 5.74) is -1.53. The van der Waals surface area contributed by atoms with E-state index in [1.807, 2.05) is 27.7 Å². The molecule has 4 rings (SSSR count). The minimum absolute atomic E-state index is 0.0172. The van der Waals surface area contributed by atoms with Gasteiger partial charge in [-0.3, -0.25) is 91.1 Å². The predicted molar refractivity (Wildman–Crippen MR) is 521 cm³/mol. The van der Waals surface area contributed by atoms with E-state index in [9.17, 15) is 96.4 Å². The molecule has 1 aromatic rings. The first-order valence-corrected chi connectivity index (χ1v) is 51.1. The first-order valence-electron chi connectivity index (χ1n) is 49.9. The Morgan fingerprint density at radius 3 is 0.960 bits per heavy atom. The van der Waals surface area contributed by atoms with Gasteiger partial charge in [0.2, 0.25) is 53.2 Å². The molecule has 3 aliphatic heterocycles. The Bertz CT molecular complexity index is 4290. The largest absolute Gasteiger partial charge is 0.463 e. The van der Waals surface area contributed by atoms with Crippen LogP contribution < -0.4 is 62.8 Å². The highest BCUT2D eigenvalue weighted by molar-refractivity contribution is 7.45. The van der Waals surface area contributed by atoms with Gasteiger partial charge in [0, 0.05) is 192 Å². The van der Waals surface area contributed by atoms with Gasteiger partial charge in [0.15, 0.2) is 55.5 Å². The third-order valence-corrected chi connectivity index (χ3v) is 23.3. The number of benzene rings is 1. The molecule has 11 N–H and O–H groups in total. The number of carbonyl (C=O) groups is 19. The van der Waals surface area contributed by atoms with Crippen molar-refractivity contribution in [1.29, 1.82) is 5.26 Å². The molecule has 0 radical (unpaired) electrons. The number of nitrogens with zero attached hydrogens (tertiary/aromatic N) is 1. The molecule has 52 heteroatoms. The zero-order chi connectivity index (χ0) is 111. The van der Waals surface area contributed by atoms with E-state index in [-0.39, 0.29) is 178 Å². The van der Waals surface area contributed by atoms with Crippen molar-refractivity contribution in [2.75, 3.05) is 125 Å². The molecule has 16 atom stereocenters. The Morgan fingerprint density at radius 1 is 0.376 bits per heavy atom. The number of carbonyl (C=O) groups excluding carboxylic acids is 19. The van der Waals surface area contributed by atoms with Crippen molar-refractivity contribution >= 4 is 121 Å². The molecule has 3 fully saturated rings. The van der Waals surface area contributed by atoms with Gasteiger partial charge in [0.05, 0.1) is 58.7 Å². The third-order valence-electron chi connectivity index (χ3n) is 22.0. The summed E-state index contributed by atoms with van der Waals surface area (Å²) in [6, 6.07) is 4.57. The Hall–Kier alpha value is -11.6. The summed E-state index contributed by atoms with van der Waals surface area (Å²) >= 11 is 0. The molecule has 3 saturated heterocycles. The summed E-state index contributed by atoms with van der Waals surface area (Å²) < 4.78 is 116. The van der Waals surface area contributed by atoms with E-state index in [0.29, 0.717) is 63.5 Å². The summed E-state index contributed by atoms with van der Waals surface area (Å²) in [5.74, 6) is -10.6. The number of esters is 9. The van der Waals surface area contributed by atoms with Crippen LogP contribution in [0.2, 0.25) is 0 Å². The molecular formula is C97H153N12O39P. The number of unbranched alkanes of at least 4 members (excludes halogenated alkanes) is 3. The van der Waals surface area contributed by atoms with E-state index < -0.39 is 241 Å². The number of rotatable bonds is 72. The lowest BCUT2D eigenvalue weighted by Crippen LogP contribution is -2.66. The summed E-state index contributed by atoms with van der Waals surface area (Å²) in [6.45, 7) is 20.1. The lowest BCUT2D eigenvalue weighted by atomic mass is 9.94. The smallest absolute Gasteiger partial charge is 0.318 e. The van der Waals surface area contributed by atoms with Crippen molar-refractivity contribution < 1.29 is 185 Å². The van der Waals surface area contributed by atoms with Gasteiger partial charge in [0.1, 0.15) is 67.5 Å². The fraction of sp³-hybridized carbons (Fsp3) is 0.732. The molecule has 0 spiro atoms.